The zero-order valence-electron chi connectivity index (χ0n) is 12.3. The number of rotatable bonds is 7. The van der Waals surface area contributed by atoms with Crippen molar-refractivity contribution in [2.24, 2.45) is 5.92 Å². The standard InChI is InChI=1S/C18H21Cl2N/c1-2-21-13-15(11-14-7-9-17(19)10-8-14)12-16-5-3-4-6-18(16)20/h3-10,15,21H,2,11-13H2,1H3. The van der Waals surface area contributed by atoms with Crippen molar-refractivity contribution in [2.45, 2.75) is 19.8 Å². The molecule has 0 bridgehead atoms. The van der Waals surface area contributed by atoms with Gasteiger partial charge in [0.2, 0.25) is 0 Å². The normalized spacial score (nSPS) is 12.3. The van der Waals surface area contributed by atoms with Gasteiger partial charge < -0.3 is 5.32 Å². The maximum Gasteiger partial charge on any atom is 0.0438 e. The third kappa shape index (κ3) is 5.35. The predicted molar refractivity (Wildman–Crippen MR) is 92.3 cm³/mol. The summed E-state index contributed by atoms with van der Waals surface area (Å²) < 4.78 is 0. The summed E-state index contributed by atoms with van der Waals surface area (Å²) in [5.41, 5.74) is 2.53. The third-order valence-electron chi connectivity index (χ3n) is 3.59. The van der Waals surface area contributed by atoms with E-state index in [-0.39, 0.29) is 0 Å². The molecule has 0 heterocycles. The van der Waals surface area contributed by atoms with Crippen molar-refractivity contribution < 1.29 is 0 Å². The Labute approximate surface area is 137 Å². The predicted octanol–water partition coefficient (Wildman–Crippen LogP) is 5.00. The number of nitrogens with one attached hydrogen (secondary N) is 1. The Kier molecular flexibility index (Phi) is 6.56. The molecule has 0 aliphatic rings. The van der Waals surface area contributed by atoms with Crippen molar-refractivity contribution in [3.63, 3.8) is 0 Å². The average Bonchev–Trinajstić information content (AvgIpc) is 2.49. The molecule has 1 unspecified atom stereocenters. The van der Waals surface area contributed by atoms with Gasteiger partial charge >= 0.3 is 0 Å². The van der Waals surface area contributed by atoms with E-state index in [0.29, 0.717) is 5.92 Å². The highest BCUT2D eigenvalue weighted by Gasteiger charge is 2.12. The second kappa shape index (κ2) is 8.43. The van der Waals surface area contributed by atoms with Crippen LogP contribution < -0.4 is 5.32 Å². The summed E-state index contributed by atoms with van der Waals surface area (Å²) in [6.45, 7) is 4.11. The zero-order chi connectivity index (χ0) is 15.1. The Balaban J connectivity index is 2.07. The van der Waals surface area contributed by atoms with Crippen LogP contribution in [0.3, 0.4) is 0 Å². The summed E-state index contributed by atoms with van der Waals surface area (Å²) in [5, 5.41) is 5.09. The highest BCUT2D eigenvalue weighted by molar-refractivity contribution is 6.31. The Hall–Kier alpha value is -1.02. The lowest BCUT2D eigenvalue weighted by atomic mass is 9.92. The molecule has 1 atom stereocenters. The first-order valence-corrected chi connectivity index (χ1v) is 8.13. The first-order chi connectivity index (χ1) is 10.2. The molecular weight excluding hydrogens is 301 g/mol. The molecule has 2 aromatic carbocycles. The largest absolute Gasteiger partial charge is 0.317 e. The van der Waals surface area contributed by atoms with Crippen molar-refractivity contribution in [3.8, 4) is 0 Å². The van der Waals surface area contributed by atoms with Gasteiger partial charge in [-0.25, -0.2) is 0 Å². The summed E-state index contributed by atoms with van der Waals surface area (Å²) in [5.74, 6) is 0.519. The molecule has 2 aromatic rings. The van der Waals surface area contributed by atoms with Crippen LogP contribution in [0.1, 0.15) is 18.1 Å². The van der Waals surface area contributed by atoms with Gasteiger partial charge in [0.25, 0.3) is 0 Å². The summed E-state index contributed by atoms with van der Waals surface area (Å²) in [7, 11) is 0. The number of halogens is 2. The van der Waals surface area contributed by atoms with Gasteiger partial charge in [-0.15, -0.1) is 0 Å². The van der Waals surface area contributed by atoms with Crippen LogP contribution in [0, 0.1) is 5.92 Å². The highest BCUT2D eigenvalue weighted by atomic mass is 35.5. The van der Waals surface area contributed by atoms with Crippen molar-refractivity contribution in [3.05, 3.63) is 69.7 Å². The minimum absolute atomic E-state index is 0.519. The van der Waals surface area contributed by atoms with Gasteiger partial charge in [0, 0.05) is 10.0 Å². The fourth-order valence-corrected chi connectivity index (χ4v) is 2.83. The maximum absolute atomic E-state index is 6.29. The van der Waals surface area contributed by atoms with Crippen molar-refractivity contribution in [1.82, 2.24) is 5.32 Å². The maximum atomic E-state index is 6.29. The second-order valence-corrected chi connectivity index (χ2v) is 6.14. The third-order valence-corrected chi connectivity index (χ3v) is 4.21. The van der Waals surface area contributed by atoms with E-state index in [9.17, 15) is 0 Å². The quantitative estimate of drug-likeness (QED) is 0.756. The van der Waals surface area contributed by atoms with Crippen LogP contribution in [0.2, 0.25) is 10.0 Å². The van der Waals surface area contributed by atoms with Crippen LogP contribution in [-0.2, 0) is 12.8 Å². The van der Waals surface area contributed by atoms with Crippen LogP contribution in [0.4, 0.5) is 0 Å². The molecule has 0 aromatic heterocycles. The minimum Gasteiger partial charge on any atom is -0.317 e. The van der Waals surface area contributed by atoms with Crippen molar-refractivity contribution >= 4 is 23.2 Å². The molecule has 0 fully saturated rings. The summed E-state index contributed by atoms with van der Waals surface area (Å²) in [4.78, 5) is 0. The van der Waals surface area contributed by atoms with Gasteiger partial charge in [0.05, 0.1) is 0 Å². The molecule has 1 N–H and O–H groups in total. The molecule has 0 aliphatic carbocycles. The molecule has 0 aliphatic heterocycles. The number of hydrogen-bond acceptors (Lipinski definition) is 1. The Morgan fingerprint density at radius 2 is 1.67 bits per heavy atom. The molecule has 3 heteroatoms. The SMILES string of the molecule is CCNCC(Cc1ccc(Cl)cc1)Cc1ccccc1Cl. The lowest BCUT2D eigenvalue weighted by molar-refractivity contribution is 0.478. The Morgan fingerprint density at radius 3 is 2.33 bits per heavy atom. The van der Waals surface area contributed by atoms with E-state index in [0.717, 1.165) is 36.0 Å². The van der Waals surface area contributed by atoms with Gasteiger partial charge in [-0.2, -0.15) is 0 Å². The number of benzene rings is 2. The monoisotopic (exact) mass is 321 g/mol. The van der Waals surface area contributed by atoms with Crippen LogP contribution in [-0.4, -0.2) is 13.1 Å². The highest BCUT2D eigenvalue weighted by Crippen LogP contribution is 2.21. The van der Waals surface area contributed by atoms with E-state index in [4.69, 9.17) is 23.2 Å². The van der Waals surface area contributed by atoms with Crippen LogP contribution >= 0.6 is 23.2 Å². The topological polar surface area (TPSA) is 12.0 Å². The molecule has 0 amide bonds. The minimum atomic E-state index is 0.519. The van der Waals surface area contributed by atoms with Gasteiger partial charge in [-0.1, -0.05) is 60.5 Å². The van der Waals surface area contributed by atoms with Crippen LogP contribution in [0.25, 0.3) is 0 Å². The summed E-state index contributed by atoms with van der Waals surface area (Å²) >= 11 is 12.2. The van der Waals surface area contributed by atoms with Gasteiger partial charge in [-0.05, 0) is 61.2 Å². The van der Waals surface area contributed by atoms with Crippen LogP contribution in [0.5, 0.6) is 0 Å². The fraction of sp³-hybridized carbons (Fsp3) is 0.333. The second-order valence-electron chi connectivity index (χ2n) is 5.30. The first-order valence-electron chi connectivity index (χ1n) is 7.37. The average molecular weight is 322 g/mol. The molecule has 0 saturated carbocycles. The van der Waals surface area contributed by atoms with E-state index >= 15 is 0 Å². The molecule has 0 saturated heterocycles. The molecule has 1 nitrogen and oxygen atoms in total. The van der Waals surface area contributed by atoms with E-state index in [1.807, 2.05) is 30.3 Å². The van der Waals surface area contributed by atoms with Gasteiger partial charge in [0.15, 0.2) is 0 Å². The zero-order valence-corrected chi connectivity index (χ0v) is 13.8. The van der Waals surface area contributed by atoms with E-state index < -0.39 is 0 Å². The first kappa shape index (κ1) is 16.4. The molecule has 2 rings (SSSR count). The van der Waals surface area contributed by atoms with Crippen molar-refractivity contribution in [2.75, 3.05) is 13.1 Å². The van der Waals surface area contributed by atoms with E-state index in [1.54, 1.807) is 0 Å². The molecular formula is C18H21Cl2N. The molecule has 21 heavy (non-hydrogen) atoms. The summed E-state index contributed by atoms with van der Waals surface area (Å²) in [6, 6.07) is 16.2. The fourth-order valence-electron chi connectivity index (χ4n) is 2.49. The van der Waals surface area contributed by atoms with E-state index in [2.05, 4.69) is 30.4 Å². The summed E-state index contributed by atoms with van der Waals surface area (Å²) in [6.07, 6.45) is 2.00. The lowest BCUT2D eigenvalue weighted by Gasteiger charge is -2.18. The van der Waals surface area contributed by atoms with Crippen LogP contribution in [0.15, 0.2) is 48.5 Å². The van der Waals surface area contributed by atoms with Gasteiger partial charge in [0.1, 0.15) is 0 Å². The Bertz CT molecular complexity index is 551. The number of hydrogen-bond donors (Lipinski definition) is 1. The molecule has 112 valence electrons. The molecule has 0 spiro atoms. The smallest absolute Gasteiger partial charge is 0.0438 e. The Morgan fingerprint density at radius 1 is 0.952 bits per heavy atom. The van der Waals surface area contributed by atoms with Crippen molar-refractivity contribution in [1.29, 1.82) is 0 Å². The van der Waals surface area contributed by atoms with Gasteiger partial charge in [-0.3, -0.25) is 0 Å². The molecule has 0 radical (unpaired) electrons. The lowest BCUT2D eigenvalue weighted by Crippen LogP contribution is -2.25. The van der Waals surface area contributed by atoms with E-state index in [1.165, 1.54) is 11.1 Å².